The third-order valence-corrected chi connectivity index (χ3v) is 6.90. The molecular weight excluding hydrogens is 416 g/mol. The number of nitrogens with two attached hydrogens (primary N) is 1. The van der Waals surface area contributed by atoms with Gasteiger partial charge in [-0.15, -0.1) is 11.3 Å². The van der Waals surface area contributed by atoms with Crippen LogP contribution in [0.1, 0.15) is 42.0 Å². The van der Waals surface area contributed by atoms with Crippen molar-refractivity contribution in [3.05, 3.63) is 95.9 Å². The lowest BCUT2D eigenvalue weighted by Crippen LogP contribution is -2.38. The first-order valence-corrected chi connectivity index (χ1v) is 11.3. The summed E-state index contributed by atoms with van der Waals surface area (Å²) in [4.78, 5) is 13.2. The predicted octanol–water partition coefficient (Wildman–Crippen LogP) is 2.99. The standard InChI is InChI=1S/C26H22N4OS/c1-3-16-5-7-18(8-6-16)13-22-25(31)30-24(29)20(14-27)23(21(15-28)26(30)32-22)19-11-9-17(4-2)10-12-19/h5-13,23H,3-4,29H2,1-2H3/b22-13-. The van der Waals surface area contributed by atoms with E-state index in [1.165, 1.54) is 21.5 Å². The molecule has 1 aliphatic heterocycles. The highest BCUT2D eigenvalue weighted by atomic mass is 32.1. The molecule has 0 amide bonds. The second kappa shape index (κ2) is 8.70. The minimum absolute atomic E-state index is 0.0910. The number of hydrogen-bond donors (Lipinski definition) is 1. The van der Waals surface area contributed by atoms with Crippen LogP contribution in [-0.2, 0) is 12.8 Å². The molecule has 3 aromatic rings. The van der Waals surface area contributed by atoms with Gasteiger partial charge in [0.25, 0.3) is 5.56 Å². The summed E-state index contributed by atoms with van der Waals surface area (Å²) in [6, 6.07) is 20.2. The molecule has 0 bridgehead atoms. The number of aromatic nitrogens is 1. The van der Waals surface area contributed by atoms with Gasteiger partial charge in [0.1, 0.15) is 10.5 Å². The third kappa shape index (κ3) is 3.56. The van der Waals surface area contributed by atoms with Gasteiger partial charge in [-0.1, -0.05) is 62.4 Å². The molecule has 0 radical (unpaired) electrons. The van der Waals surface area contributed by atoms with Gasteiger partial charge in [-0.05, 0) is 41.2 Å². The van der Waals surface area contributed by atoms with Crippen LogP contribution < -0.4 is 20.5 Å². The Morgan fingerprint density at radius 1 is 0.969 bits per heavy atom. The zero-order valence-electron chi connectivity index (χ0n) is 17.9. The summed E-state index contributed by atoms with van der Waals surface area (Å²) in [6.45, 7) is 4.16. The molecule has 0 saturated heterocycles. The summed E-state index contributed by atoms with van der Waals surface area (Å²) < 4.78 is 2.26. The van der Waals surface area contributed by atoms with E-state index in [2.05, 4.69) is 26.0 Å². The molecule has 2 heterocycles. The lowest BCUT2D eigenvalue weighted by molar-refractivity contribution is 0.905. The Bertz CT molecular complexity index is 1470. The van der Waals surface area contributed by atoms with Gasteiger partial charge in [0.05, 0.1) is 33.7 Å². The molecule has 1 atom stereocenters. The van der Waals surface area contributed by atoms with Crippen LogP contribution in [0.15, 0.2) is 58.9 Å². The zero-order chi connectivity index (χ0) is 22.8. The van der Waals surface area contributed by atoms with Crippen LogP contribution >= 0.6 is 11.3 Å². The number of aryl methyl sites for hydroxylation is 2. The molecule has 2 N–H and O–H groups in total. The van der Waals surface area contributed by atoms with E-state index < -0.39 is 5.92 Å². The van der Waals surface area contributed by atoms with E-state index in [1.807, 2.05) is 48.5 Å². The quantitative estimate of drug-likeness (QED) is 0.677. The lowest BCUT2D eigenvalue weighted by atomic mass is 9.84. The molecular formula is C26H22N4OS. The fraction of sp³-hybridized carbons (Fsp3) is 0.192. The second-order valence-electron chi connectivity index (χ2n) is 7.62. The number of benzene rings is 2. The van der Waals surface area contributed by atoms with E-state index in [0.717, 1.165) is 29.5 Å². The van der Waals surface area contributed by atoms with Crippen LogP contribution in [0, 0.1) is 22.7 Å². The fourth-order valence-corrected chi connectivity index (χ4v) is 5.06. The van der Waals surface area contributed by atoms with Gasteiger partial charge >= 0.3 is 0 Å². The molecule has 0 fully saturated rings. The van der Waals surface area contributed by atoms with E-state index in [4.69, 9.17) is 5.73 Å². The van der Waals surface area contributed by atoms with Gasteiger partial charge in [-0.25, -0.2) is 0 Å². The first-order chi connectivity index (χ1) is 15.5. The van der Waals surface area contributed by atoms with Crippen molar-refractivity contribution < 1.29 is 0 Å². The Hall–Kier alpha value is -3.87. The van der Waals surface area contributed by atoms with Gasteiger partial charge in [-0.2, -0.15) is 10.5 Å². The number of thiazole rings is 1. The summed E-state index contributed by atoms with van der Waals surface area (Å²) in [5, 5.41) is 19.9. The Labute approximate surface area is 190 Å². The molecule has 0 aliphatic carbocycles. The third-order valence-electron chi connectivity index (χ3n) is 5.80. The normalized spacial score (nSPS) is 15.9. The van der Waals surface area contributed by atoms with Crippen LogP contribution in [0.3, 0.4) is 0 Å². The average molecular weight is 439 g/mol. The topological polar surface area (TPSA) is 95.6 Å². The Kier molecular flexibility index (Phi) is 5.81. The molecule has 0 saturated carbocycles. The molecule has 1 unspecified atom stereocenters. The maximum absolute atomic E-state index is 13.2. The molecule has 158 valence electrons. The first kappa shape index (κ1) is 21.4. The van der Waals surface area contributed by atoms with Crippen molar-refractivity contribution in [1.82, 2.24) is 4.57 Å². The molecule has 6 heteroatoms. The van der Waals surface area contributed by atoms with Crippen molar-refractivity contribution in [2.45, 2.75) is 32.6 Å². The predicted molar refractivity (Wildman–Crippen MR) is 128 cm³/mol. The Morgan fingerprint density at radius 2 is 1.53 bits per heavy atom. The number of hydrogen-bond acceptors (Lipinski definition) is 5. The smallest absolute Gasteiger partial charge is 0.274 e. The molecule has 4 rings (SSSR count). The van der Waals surface area contributed by atoms with E-state index in [1.54, 1.807) is 6.08 Å². The van der Waals surface area contributed by atoms with Crippen molar-refractivity contribution in [1.29, 1.82) is 10.5 Å². The van der Waals surface area contributed by atoms with Gasteiger partial charge in [0, 0.05) is 0 Å². The van der Waals surface area contributed by atoms with E-state index >= 15 is 0 Å². The minimum Gasteiger partial charge on any atom is -0.384 e. The summed E-state index contributed by atoms with van der Waals surface area (Å²) in [5.74, 6) is -0.501. The first-order valence-electron chi connectivity index (χ1n) is 10.5. The highest BCUT2D eigenvalue weighted by molar-refractivity contribution is 7.07. The van der Waals surface area contributed by atoms with Crippen molar-refractivity contribution in [2.75, 3.05) is 0 Å². The Morgan fingerprint density at radius 3 is 2.06 bits per heavy atom. The number of nitriles is 2. The molecule has 2 aromatic carbocycles. The van der Waals surface area contributed by atoms with Crippen LogP contribution in [0.5, 0.6) is 0 Å². The van der Waals surface area contributed by atoms with Crippen molar-refractivity contribution in [3.63, 3.8) is 0 Å². The van der Waals surface area contributed by atoms with Crippen LogP contribution in [0.25, 0.3) is 17.5 Å². The number of nitrogens with zero attached hydrogens (tertiary/aromatic N) is 3. The van der Waals surface area contributed by atoms with E-state index in [9.17, 15) is 15.3 Å². The lowest BCUT2D eigenvalue weighted by Gasteiger charge is -2.22. The second-order valence-corrected chi connectivity index (χ2v) is 8.65. The zero-order valence-corrected chi connectivity index (χ0v) is 18.7. The molecule has 1 aromatic heterocycles. The molecule has 5 nitrogen and oxygen atoms in total. The highest BCUT2D eigenvalue weighted by Gasteiger charge is 2.32. The SMILES string of the molecule is CCc1ccc(/C=c2\sc3n(c2=O)C(N)=C(C#N)C(c2ccc(CC)cc2)C=3C#N)cc1. The average Bonchev–Trinajstić information content (AvgIpc) is 3.15. The summed E-state index contributed by atoms with van der Waals surface area (Å²) in [7, 11) is 0. The highest BCUT2D eigenvalue weighted by Crippen LogP contribution is 2.35. The number of fused-ring (bicyclic) bond motifs is 1. The van der Waals surface area contributed by atoms with E-state index in [0.29, 0.717) is 14.8 Å². The number of rotatable bonds is 4. The van der Waals surface area contributed by atoms with Gasteiger partial charge in [0.2, 0.25) is 0 Å². The van der Waals surface area contributed by atoms with Crippen LogP contribution in [0.2, 0.25) is 0 Å². The summed E-state index contributed by atoms with van der Waals surface area (Å²) >= 11 is 1.23. The van der Waals surface area contributed by atoms with Crippen LogP contribution in [-0.4, -0.2) is 4.57 Å². The summed E-state index contributed by atoms with van der Waals surface area (Å²) in [6.07, 6.45) is 3.64. The van der Waals surface area contributed by atoms with Crippen molar-refractivity contribution in [3.8, 4) is 12.1 Å². The fourth-order valence-electron chi connectivity index (χ4n) is 3.93. The maximum atomic E-state index is 13.2. The van der Waals surface area contributed by atoms with Crippen LogP contribution in [0.4, 0.5) is 0 Å². The van der Waals surface area contributed by atoms with Gasteiger partial charge < -0.3 is 5.73 Å². The molecule has 32 heavy (non-hydrogen) atoms. The Balaban J connectivity index is 1.97. The van der Waals surface area contributed by atoms with E-state index in [-0.39, 0.29) is 17.0 Å². The van der Waals surface area contributed by atoms with Crippen molar-refractivity contribution in [2.24, 2.45) is 5.73 Å². The maximum Gasteiger partial charge on any atom is 0.274 e. The summed E-state index contributed by atoms with van der Waals surface area (Å²) in [5.41, 5.74) is 10.7. The van der Waals surface area contributed by atoms with Gasteiger partial charge in [0.15, 0.2) is 0 Å². The minimum atomic E-state index is -0.592. The van der Waals surface area contributed by atoms with Gasteiger partial charge in [-0.3, -0.25) is 9.36 Å². The monoisotopic (exact) mass is 438 g/mol. The largest absolute Gasteiger partial charge is 0.384 e. The van der Waals surface area contributed by atoms with Crippen molar-refractivity contribution >= 4 is 28.8 Å². The molecule has 0 spiro atoms. The molecule has 1 aliphatic rings. The number of allylic oxidation sites excluding steroid dienone is 1.